The summed E-state index contributed by atoms with van der Waals surface area (Å²) in [7, 11) is 0. The maximum absolute atomic E-state index is 12.4. The largest absolute Gasteiger partial charge is 0.450 e. The standard InChI is InChI=1S/C21H26N4O4/c1-4-29-21(28)24-10-9-18-17(12-24)11-20(27)25(23-18)13-19(26)22-15(3)16-7-5-14(2)6-8-16/h5-8,11,15H,4,9-10,12-13H2,1-3H3,(H,22,26). The van der Waals surface area contributed by atoms with Crippen molar-refractivity contribution in [2.45, 2.75) is 46.3 Å². The van der Waals surface area contributed by atoms with E-state index in [1.807, 2.05) is 38.1 Å². The van der Waals surface area contributed by atoms with Gasteiger partial charge in [-0.15, -0.1) is 0 Å². The van der Waals surface area contributed by atoms with Crippen molar-refractivity contribution in [3.8, 4) is 0 Å². The molecule has 154 valence electrons. The molecular weight excluding hydrogens is 372 g/mol. The second-order valence-corrected chi connectivity index (χ2v) is 7.18. The van der Waals surface area contributed by atoms with Gasteiger partial charge < -0.3 is 15.0 Å². The SMILES string of the molecule is CCOC(=O)N1CCc2nn(CC(=O)NC(C)c3ccc(C)cc3)c(=O)cc2C1. The van der Waals surface area contributed by atoms with Crippen LogP contribution in [0, 0.1) is 6.92 Å². The van der Waals surface area contributed by atoms with Gasteiger partial charge in [-0.1, -0.05) is 29.8 Å². The Kier molecular flexibility index (Phi) is 6.31. The fourth-order valence-electron chi connectivity index (χ4n) is 3.28. The second kappa shape index (κ2) is 8.89. The molecular formula is C21H26N4O4. The quantitative estimate of drug-likeness (QED) is 0.831. The first-order valence-electron chi connectivity index (χ1n) is 9.75. The molecule has 1 aromatic carbocycles. The minimum atomic E-state index is -0.396. The van der Waals surface area contributed by atoms with E-state index in [4.69, 9.17) is 4.74 Å². The first-order valence-corrected chi connectivity index (χ1v) is 9.75. The van der Waals surface area contributed by atoms with Crippen LogP contribution >= 0.6 is 0 Å². The lowest BCUT2D eigenvalue weighted by atomic mass is 10.1. The maximum atomic E-state index is 12.4. The summed E-state index contributed by atoms with van der Waals surface area (Å²) in [6.45, 7) is 6.56. The molecule has 2 amide bonds. The summed E-state index contributed by atoms with van der Waals surface area (Å²) in [6.07, 6.45) is 0.113. The number of nitrogens with one attached hydrogen (secondary N) is 1. The average molecular weight is 398 g/mol. The van der Waals surface area contributed by atoms with Crippen LogP contribution in [0.25, 0.3) is 0 Å². The van der Waals surface area contributed by atoms with Crippen LogP contribution in [-0.2, 0) is 29.0 Å². The number of aromatic nitrogens is 2. The van der Waals surface area contributed by atoms with Gasteiger partial charge in [-0.05, 0) is 26.3 Å². The van der Waals surface area contributed by atoms with E-state index in [1.54, 1.807) is 11.8 Å². The number of rotatable bonds is 5. The minimum Gasteiger partial charge on any atom is -0.450 e. The summed E-state index contributed by atoms with van der Waals surface area (Å²) in [5, 5.41) is 7.25. The van der Waals surface area contributed by atoms with Gasteiger partial charge in [0, 0.05) is 24.6 Å². The van der Waals surface area contributed by atoms with E-state index in [9.17, 15) is 14.4 Å². The molecule has 0 aliphatic carbocycles. The molecule has 8 nitrogen and oxygen atoms in total. The lowest BCUT2D eigenvalue weighted by Crippen LogP contribution is -2.40. The van der Waals surface area contributed by atoms with Crippen LogP contribution in [0.1, 0.15) is 42.3 Å². The van der Waals surface area contributed by atoms with Crippen LogP contribution in [-0.4, -0.2) is 39.8 Å². The summed E-state index contributed by atoms with van der Waals surface area (Å²) >= 11 is 0. The number of hydrogen-bond donors (Lipinski definition) is 1. The van der Waals surface area contributed by atoms with Crippen molar-refractivity contribution in [2.75, 3.05) is 13.2 Å². The number of carbonyl (C=O) groups excluding carboxylic acids is 2. The number of carbonyl (C=O) groups is 2. The number of benzene rings is 1. The first-order chi connectivity index (χ1) is 13.9. The number of hydrogen-bond acceptors (Lipinski definition) is 5. The van der Waals surface area contributed by atoms with Crippen LogP contribution in [0.2, 0.25) is 0 Å². The fraction of sp³-hybridized carbons (Fsp3) is 0.429. The second-order valence-electron chi connectivity index (χ2n) is 7.18. The fourth-order valence-corrected chi connectivity index (χ4v) is 3.28. The molecule has 1 atom stereocenters. The Hall–Kier alpha value is -3.16. The Morgan fingerprint density at radius 2 is 2.00 bits per heavy atom. The molecule has 0 radical (unpaired) electrons. The van der Waals surface area contributed by atoms with E-state index >= 15 is 0 Å². The molecule has 1 unspecified atom stereocenters. The number of nitrogens with zero attached hydrogens (tertiary/aromatic N) is 3. The molecule has 0 fully saturated rings. The Bertz CT molecular complexity index is 952. The van der Waals surface area contributed by atoms with Crippen molar-refractivity contribution in [3.63, 3.8) is 0 Å². The third kappa shape index (κ3) is 5.01. The molecule has 1 N–H and O–H groups in total. The highest BCUT2D eigenvalue weighted by molar-refractivity contribution is 5.76. The highest BCUT2D eigenvalue weighted by Crippen LogP contribution is 2.16. The third-order valence-corrected chi connectivity index (χ3v) is 4.92. The van der Waals surface area contributed by atoms with Crippen LogP contribution < -0.4 is 10.9 Å². The summed E-state index contributed by atoms with van der Waals surface area (Å²) in [6, 6.07) is 9.21. The van der Waals surface area contributed by atoms with Gasteiger partial charge in [0.15, 0.2) is 0 Å². The molecule has 1 aliphatic heterocycles. The first kappa shape index (κ1) is 20.6. The molecule has 2 aromatic rings. The summed E-state index contributed by atoms with van der Waals surface area (Å²) in [4.78, 5) is 38.3. The molecule has 2 heterocycles. The van der Waals surface area contributed by atoms with Crippen molar-refractivity contribution < 1.29 is 14.3 Å². The topological polar surface area (TPSA) is 93.5 Å². The Labute approximate surface area is 169 Å². The molecule has 0 saturated heterocycles. The van der Waals surface area contributed by atoms with Crippen LogP contribution in [0.15, 0.2) is 35.1 Å². The van der Waals surface area contributed by atoms with Gasteiger partial charge >= 0.3 is 6.09 Å². The Balaban J connectivity index is 1.66. The predicted octanol–water partition coefficient (Wildman–Crippen LogP) is 1.94. The van der Waals surface area contributed by atoms with Crippen molar-refractivity contribution in [1.29, 1.82) is 0 Å². The molecule has 1 aromatic heterocycles. The summed E-state index contributed by atoms with van der Waals surface area (Å²) in [5.41, 5.74) is 3.20. The maximum Gasteiger partial charge on any atom is 0.410 e. The highest BCUT2D eigenvalue weighted by atomic mass is 16.6. The van der Waals surface area contributed by atoms with Crippen molar-refractivity contribution >= 4 is 12.0 Å². The van der Waals surface area contributed by atoms with E-state index in [0.717, 1.165) is 16.8 Å². The zero-order chi connectivity index (χ0) is 21.0. The van der Waals surface area contributed by atoms with E-state index in [2.05, 4.69) is 10.4 Å². The third-order valence-electron chi connectivity index (χ3n) is 4.92. The van der Waals surface area contributed by atoms with Crippen LogP contribution in [0.4, 0.5) is 4.79 Å². The van der Waals surface area contributed by atoms with E-state index < -0.39 is 6.09 Å². The van der Waals surface area contributed by atoms with Gasteiger partial charge in [-0.3, -0.25) is 9.59 Å². The number of aryl methyl sites for hydroxylation is 1. The number of amides is 2. The normalized spacial score (nSPS) is 14.1. The molecule has 29 heavy (non-hydrogen) atoms. The lowest BCUT2D eigenvalue weighted by Gasteiger charge is -2.27. The zero-order valence-corrected chi connectivity index (χ0v) is 17.0. The summed E-state index contributed by atoms with van der Waals surface area (Å²) < 4.78 is 6.19. The predicted molar refractivity (Wildman–Crippen MR) is 107 cm³/mol. The van der Waals surface area contributed by atoms with Gasteiger partial charge in [0.05, 0.1) is 24.9 Å². The van der Waals surface area contributed by atoms with E-state index in [1.165, 1.54) is 10.7 Å². The minimum absolute atomic E-state index is 0.149. The number of ether oxygens (including phenoxy) is 1. The average Bonchev–Trinajstić information content (AvgIpc) is 2.68. The highest BCUT2D eigenvalue weighted by Gasteiger charge is 2.24. The van der Waals surface area contributed by atoms with Gasteiger partial charge in [0.25, 0.3) is 5.56 Å². The molecule has 8 heteroatoms. The van der Waals surface area contributed by atoms with Crippen molar-refractivity contribution in [3.05, 3.63) is 63.1 Å². The van der Waals surface area contributed by atoms with Crippen LogP contribution in [0.5, 0.6) is 0 Å². The van der Waals surface area contributed by atoms with Crippen LogP contribution in [0.3, 0.4) is 0 Å². The van der Waals surface area contributed by atoms with Gasteiger partial charge in [-0.25, -0.2) is 9.48 Å². The number of fused-ring (bicyclic) bond motifs is 1. The molecule has 1 aliphatic rings. The van der Waals surface area contributed by atoms with Gasteiger partial charge in [-0.2, -0.15) is 5.10 Å². The Morgan fingerprint density at radius 1 is 1.28 bits per heavy atom. The van der Waals surface area contributed by atoms with Crippen molar-refractivity contribution in [1.82, 2.24) is 20.0 Å². The van der Waals surface area contributed by atoms with E-state index in [-0.39, 0.29) is 30.6 Å². The molecule has 0 saturated carbocycles. The Morgan fingerprint density at radius 3 is 2.69 bits per heavy atom. The van der Waals surface area contributed by atoms with Crippen molar-refractivity contribution in [2.24, 2.45) is 0 Å². The monoisotopic (exact) mass is 398 g/mol. The zero-order valence-electron chi connectivity index (χ0n) is 17.0. The lowest BCUT2D eigenvalue weighted by molar-refractivity contribution is -0.122. The van der Waals surface area contributed by atoms with E-state index in [0.29, 0.717) is 25.1 Å². The smallest absolute Gasteiger partial charge is 0.410 e. The molecule has 3 rings (SSSR count). The summed E-state index contributed by atoms with van der Waals surface area (Å²) in [5.74, 6) is -0.281. The van der Waals surface area contributed by atoms with Gasteiger partial charge in [0.1, 0.15) is 6.54 Å². The molecule has 0 bridgehead atoms. The van der Waals surface area contributed by atoms with Gasteiger partial charge in [0.2, 0.25) is 5.91 Å². The molecule has 0 spiro atoms.